The van der Waals surface area contributed by atoms with Crippen LogP contribution in [0.3, 0.4) is 0 Å². The quantitative estimate of drug-likeness (QED) is 0.516. The van der Waals surface area contributed by atoms with E-state index in [0.29, 0.717) is 13.0 Å². The predicted octanol–water partition coefficient (Wildman–Crippen LogP) is 2.86. The molecule has 106 valence electrons. The highest BCUT2D eigenvalue weighted by Crippen LogP contribution is 2.10. The number of aryl methyl sites for hydroxylation is 1. The van der Waals surface area contributed by atoms with Crippen LogP contribution < -0.4 is 11.1 Å². The lowest BCUT2D eigenvalue weighted by atomic mass is 10.1. The second kappa shape index (κ2) is 10.2. The summed E-state index contributed by atoms with van der Waals surface area (Å²) < 4.78 is 1.26. The van der Waals surface area contributed by atoms with Gasteiger partial charge in [-0.15, -0.1) is 0 Å². The monoisotopic (exact) mass is 374 g/mol. The molecule has 0 spiro atoms. The van der Waals surface area contributed by atoms with Crippen molar-refractivity contribution in [2.75, 3.05) is 13.1 Å². The van der Waals surface area contributed by atoms with Gasteiger partial charge in [-0.05, 0) is 78.9 Å². The Kier molecular flexibility index (Phi) is 8.82. The molecule has 1 aromatic rings. The summed E-state index contributed by atoms with van der Waals surface area (Å²) in [6.45, 7) is 1.46. The molecule has 1 amide bonds. The minimum absolute atomic E-state index is 0.166. The first-order valence-corrected chi connectivity index (χ1v) is 8.01. The van der Waals surface area contributed by atoms with E-state index in [1.54, 1.807) is 0 Å². The third-order valence-corrected chi connectivity index (χ3v) is 3.70. The van der Waals surface area contributed by atoms with Crippen LogP contribution in [0.25, 0.3) is 0 Å². The molecule has 1 aromatic carbocycles. The smallest absolute Gasteiger partial charge is 0.219 e. The number of halogens is 1. The first-order valence-electron chi connectivity index (χ1n) is 6.93. The average molecular weight is 374 g/mol. The molecule has 4 heteroatoms. The van der Waals surface area contributed by atoms with Crippen molar-refractivity contribution in [2.24, 2.45) is 5.73 Å². The third kappa shape index (κ3) is 8.21. The van der Waals surface area contributed by atoms with Crippen molar-refractivity contribution in [1.29, 1.82) is 0 Å². The molecule has 0 fully saturated rings. The molecule has 0 aromatic heterocycles. The molecule has 0 heterocycles. The van der Waals surface area contributed by atoms with Gasteiger partial charge in [0, 0.05) is 16.5 Å². The lowest BCUT2D eigenvalue weighted by Gasteiger charge is -2.05. The highest BCUT2D eigenvalue weighted by Gasteiger charge is 2.00. The minimum atomic E-state index is 0.166. The van der Waals surface area contributed by atoms with E-state index in [1.165, 1.54) is 9.13 Å². The lowest BCUT2D eigenvalue weighted by Crippen LogP contribution is -2.24. The van der Waals surface area contributed by atoms with Gasteiger partial charge in [-0.1, -0.05) is 12.1 Å². The van der Waals surface area contributed by atoms with Crippen molar-refractivity contribution in [1.82, 2.24) is 5.32 Å². The summed E-state index contributed by atoms with van der Waals surface area (Å²) >= 11 is 2.31. The molecule has 0 saturated heterocycles. The Morgan fingerprint density at radius 1 is 1.11 bits per heavy atom. The highest BCUT2D eigenvalue weighted by molar-refractivity contribution is 14.1. The van der Waals surface area contributed by atoms with E-state index < -0.39 is 0 Å². The molecule has 3 N–H and O–H groups in total. The predicted molar refractivity (Wildman–Crippen MR) is 88.0 cm³/mol. The zero-order valence-electron chi connectivity index (χ0n) is 11.3. The van der Waals surface area contributed by atoms with Crippen LogP contribution in [0.4, 0.5) is 0 Å². The van der Waals surface area contributed by atoms with Crippen molar-refractivity contribution < 1.29 is 4.79 Å². The first-order chi connectivity index (χ1) is 9.22. The van der Waals surface area contributed by atoms with Crippen molar-refractivity contribution in [3.63, 3.8) is 0 Å². The van der Waals surface area contributed by atoms with Gasteiger partial charge in [0.15, 0.2) is 0 Å². The normalized spacial score (nSPS) is 10.4. The van der Waals surface area contributed by atoms with Gasteiger partial charge in [0.05, 0.1) is 0 Å². The van der Waals surface area contributed by atoms with Gasteiger partial charge in [-0.25, -0.2) is 0 Å². The van der Waals surface area contributed by atoms with Crippen LogP contribution in [-0.2, 0) is 11.2 Å². The van der Waals surface area contributed by atoms with Gasteiger partial charge < -0.3 is 11.1 Å². The van der Waals surface area contributed by atoms with Crippen LogP contribution in [0.2, 0.25) is 0 Å². The Labute approximate surface area is 129 Å². The molecule has 0 atom stereocenters. The number of hydrogen-bond acceptors (Lipinski definition) is 2. The molecule has 0 aliphatic carbocycles. The topological polar surface area (TPSA) is 55.1 Å². The molecule has 3 nitrogen and oxygen atoms in total. The van der Waals surface area contributed by atoms with E-state index in [2.05, 4.69) is 52.2 Å². The van der Waals surface area contributed by atoms with Crippen LogP contribution in [0.5, 0.6) is 0 Å². The molecule has 0 bridgehead atoms. The maximum atomic E-state index is 11.5. The van der Waals surface area contributed by atoms with Crippen LogP contribution >= 0.6 is 22.6 Å². The number of unbranched alkanes of at least 4 members (excludes halogenated alkanes) is 2. The maximum Gasteiger partial charge on any atom is 0.219 e. The molecular weight excluding hydrogens is 351 g/mol. The summed E-state index contributed by atoms with van der Waals surface area (Å²) in [5.41, 5.74) is 6.75. The molecule has 0 aliphatic rings. The average Bonchev–Trinajstić information content (AvgIpc) is 2.42. The Morgan fingerprint density at radius 2 is 1.84 bits per heavy atom. The number of benzene rings is 1. The van der Waals surface area contributed by atoms with Gasteiger partial charge >= 0.3 is 0 Å². The second-order valence-corrected chi connectivity index (χ2v) is 5.92. The number of carbonyl (C=O) groups excluding carboxylic acids is 1. The minimum Gasteiger partial charge on any atom is -0.356 e. The summed E-state index contributed by atoms with van der Waals surface area (Å²) in [6.07, 6.45) is 5.66. The summed E-state index contributed by atoms with van der Waals surface area (Å²) in [6, 6.07) is 8.57. The Hall–Kier alpha value is -0.620. The van der Waals surface area contributed by atoms with Crippen molar-refractivity contribution in [3.05, 3.63) is 33.4 Å². The standard InChI is InChI=1S/C15H23IN2O/c16-14-9-7-13(8-10-14)5-1-2-6-15(19)18-12-4-3-11-17/h7-10H,1-6,11-12,17H2,(H,18,19). The number of nitrogens with two attached hydrogens (primary N) is 1. The first kappa shape index (κ1) is 16.4. The number of rotatable bonds is 9. The van der Waals surface area contributed by atoms with Crippen molar-refractivity contribution >= 4 is 28.5 Å². The summed E-state index contributed by atoms with van der Waals surface area (Å²) in [5.74, 6) is 0.166. The SMILES string of the molecule is NCCCCNC(=O)CCCCc1ccc(I)cc1. The molecular formula is C15H23IN2O. The van der Waals surface area contributed by atoms with Gasteiger partial charge in [0.1, 0.15) is 0 Å². The zero-order chi connectivity index (χ0) is 13.9. The van der Waals surface area contributed by atoms with Gasteiger partial charge in [-0.3, -0.25) is 4.79 Å². The number of carbonyl (C=O) groups is 1. The fourth-order valence-corrected chi connectivity index (χ4v) is 2.21. The van der Waals surface area contributed by atoms with E-state index >= 15 is 0 Å². The largest absolute Gasteiger partial charge is 0.356 e. The molecule has 0 saturated carbocycles. The molecule has 0 radical (unpaired) electrons. The van der Waals surface area contributed by atoms with Crippen LogP contribution in [0.1, 0.15) is 37.7 Å². The van der Waals surface area contributed by atoms with E-state index in [0.717, 1.165) is 38.6 Å². The van der Waals surface area contributed by atoms with Gasteiger partial charge in [0.25, 0.3) is 0 Å². The molecule has 0 unspecified atom stereocenters. The summed E-state index contributed by atoms with van der Waals surface area (Å²) in [5, 5.41) is 2.93. The van der Waals surface area contributed by atoms with E-state index in [9.17, 15) is 4.79 Å². The summed E-state index contributed by atoms with van der Waals surface area (Å²) in [7, 11) is 0. The van der Waals surface area contributed by atoms with E-state index in [4.69, 9.17) is 5.73 Å². The fraction of sp³-hybridized carbons (Fsp3) is 0.533. The van der Waals surface area contributed by atoms with Gasteiger partial charge in [-0.2, -0.15) is 0 Å². The van der Waals surface area contributed by atoms with Crippen molar-refractivity contribution in [3.8, 4) is 0 Å². The van der Waals surface area contributed by atoms with E-state index in [1.807, 2.05) is 0 Å². The molecule has 0 aliphatic heterocycles. The van der Waals surface area contributed by atoms with Crippen LogP contribution in [-0.4, -0.2) is 19.0 Å². The maximum absolute atomic E-state index is 11.5. The summed E-state index contributed by atoms with van der Waals surface area (Å²) in [4.78, 5) is 11.5. The van der Waals surface area contributed by atoms with Crippen LogP contribution in [0.15, 0.2) is 24.3 Å². The molecule has 1 rings (SSSR count). The van der Waals surface area contributed by atoms with Gasteiger partial charge in [0.2, 0.25) is 5.91 Å². The van der Waals surface area contributed by atoms with Crippen LogP contribution in [0, 0.1) is 3.57 Å². The Bertz CT molecular complexity index is 365. The second-order valence-electron chi connectivity index (χ2n) is 4.68. The lowest BCUT2D eigenvalue weighted by molar-refractivity contribution is -0.121. The Balaban J connectivity index is 2.03. The Morgan fingerprint density at radius 3 is 2.53 bits per heavy atom. The third-order valence-electron chi connectivity index (χ3n) is 2.99. The number of amides is 1. The highest BCUT2D eigenvalue weighted by atomic mass is 127. The van der Waals surface area contributed by atoms with E-state index in [-0.39, 0.29) is 5.91 Å². The molecule has 19 heavy (non-hydrogen) atoms. The fourth-order valence-electron chi connectivity index (χ4n) is 1.85. The number of hydrogen-bond donors (Lipinski definition) is 2. The number of nitrogens with one attached hydrogen (secondary N) is 1. The van der Waals surface area contributed by atoms with Crippen molar-refractivity contribution in [2.45, 2.75) is 38.5 Å². The zero-order valence-corrected chi connectivity index (χ0v) is 13.5.